The van der Waals surface area contributed by atoms with Crippen LogP contribution in [0.1, 0.15) is 25.3 Å². The molecule has 0 saturated heterocycles. The summed E-state index contributed by atoms with van der Waals surface area (Å²) in [6, 6.07) is 9.72. The summed E-state index contributed by atoms with van der Waals surface area (Å²) in [6.45, 7) is 2.56. The molecule has 24 heavy (non-hydrogen) atoms. The summed E-state index contributed by atoms with van der Waals surface area (Å²) in [4.78, 5) is 30.0. The van der Waals surface area contributed by atoms with Crippen molar-refractivity contribution >= 4 is 17.8 Å². The summed E-state index contributed by atoms with van der Waals surface area (Å²) < 4.78 is 0. The van der Waals surface area contributed by atoms with Crippen molar-refractivity contribution in [3.63, 3.8) is 0 Å². The van der Waals surface area contributed by atoms with Crippen LogP contribution in [-0.2, 0) is 20.8 Å². The van der Waals surface area contributed by atoms with Gasteiger partial charge in [-0.1, -0.05) is 30.3 Å². The molecule has 1 aromatic rings. The van der Waals surface area contributed by atoms with E-state index < -0.39 is 18.0 Å². The van der Waals surface area contributed by atoms with Crippen LogP contribution in [0.25, 0.3) is 0 Å². The Hall–Kier alpha value is -2.45. The Morgan fingerprint density at radius 1 is 1.12 bits per heavy atom. The van der Waals surface area contributed by atoms with Gasteiger partial charge in [0.15, 0.2) is 0 Å². The SMILES string of the molecule is CC(Cc1ccccc1)NC(=O)C(N)CCCN.O=C(O)C(=O)O. The molecule has 0 heterocycles. The largest absolute Gasteiger partial charge is 0.473 e. The first-order valence-corrected chi connectivity index (χ1v) is 7.54. The minimum Gasteiger partial charge on any atom is -0.473 e. The molecule has 0 fully saturated rings. The molecule has 0 aromatic heterocycles. The molecule has 0 aliphatic rings. The van der Waals surface area contributed by atoms with Crippen LogP contribution in [0.2, 0.25) is 0 Å². The topological polar surface area (TPSA) is 156 Å². The van der Waals surface area contributed by atoms with E-state index in [1.54, 1.807) is 0 Å². The van der Waals surface area contributed by atoms with Gasteiger partial charge in [0.25, 0.3) is 0 Å². The molecule has 0 radical (unpaired) electrons. The molecular formula is C16H25N3O5. The van der Waals surface area contributed by atoms with Crippen molar-refractivity contribution < 1.29 is 24.6 Å². The van der Waals surface area contributed by atoms with Crippen LogP contribution in [0.15, 0.2) is 30.3 Å². The zero-order valence-corrected chi connectivity index (χ0v) is 13.6. The molecule has 1 amide bonds. The highest BCUT2D eigenvalue weighted by molar-refractivity contribution is 6.27. The van der Waals surface area contributed by atoms with Gasteiger partial charge in [0.05, 0.1) is 6.04 Å². The maximum atomic E-state index is 11.8. The number of aliphatic carboxylic acids is 2. The highest BCUT2D eigenvalue weighted by atomic mass is 16.4. The lowest BCUT2D eigenvalue weighted by molar-refractivity contribution is -0.159. The van der Waals surface area contributed by atoms with Gasteiger partial charge in [0.1, 0.15) is 0 Å². The number of nitrogens with two attached hydrogens (primary N) is 2. The first-order chi connectivity index (χ1) is 11.3. The molecule has 0 aliphatic heterocycles. The van der Waals surface area contributed by atoms with Crippen molar-refractivity contribution in [3.05, 3.63) is 35.9 Å². The number of nitrogens with one attached hydrogen (secondary N) is 1. The van der Waals surface area contributed by atoms with E-state index >= 15 is 0 Å². The van der Waals surface area contributed by atoms with Gasteiger partial charge in [0, 0.05) is 6.04 Å². The fraction of sp³-hybridized carbons (Fsp3) is 0.438. The number of hydrogen-bond acceptors (Lipinski definition) is 5. The molecule has 0 spiro atoms. The van der Waals surface area contributed by atoms with Crippen LogP contribution in [0, 0.1) is 0 Å². The van der Waals surface area contributed by atoms with Gasteiger partial charge in [-0.3, -0.25) is 4.79 Å². The van der Waals surface area contributed by atoms with E-state index in [1.165, 1.54) is 5.56 Å². The Kier molecular flexibility index (Phi) is 10.8. The molecule has 7 N–H and O–H groups in total. The molecule has 0 aliphatic carbocycles. The fourth-order valence-corrected chi connectivity index (χ4v) is 1.84. The molecule has 134 valence electrons. The number of carbonyl (C=O) groups is 3. The van der Waals surface area contributed by atoms with Crippen molar-refractivity contribution in [1.29, 1.82) is 0 Å². The molecule has 2 atom stereocenters. The van der Waals surface area contributed by atoms with Gasteiger partial charge >= 0.3 is 11.9 Å². The van der Waals surface area contributed by atoms with Crippen LogP contribution in [0.3, 0.4) is 0 Å². The molecular weight excluding hydrogens is 314 g/mol. The first-order valence-electron chi connectivity index (χ1n) is 7.54. The standard InChI is InChI=1S/C14H23N3O.C2H2O4/c1-11(10-12-6-3-2-4-7-12)17-14(18)13(16)8-5-9-15;3-1(4)2(5)6/h2-4,6-7,11,13H,5,8-10,15-16H2,1H3,(H,17,18);(H,3,4)(H,5,6). The maximum absolute atomic E-state index is 11.8. The second-order valence-corrected chi connectivity index (χ2v) is 5.25. The Labute approximate surface area is 140 Å². The van der Waals surface area contributed by atoms with E-state index in [9.17, 15) is 4.79 Å². The maximum Gasteiger partial charge on any atom is 0.414 e. The number of carboxylic acids is 2. The molecule has 8 nitrogen and oxygen atoms in total. The van der Waals surface area contributed by atoms with E-state index in [0.717, 1.165) is 12.8 Å². The van der Waals surface area contributed by atoms with Crippen molar-refractivity contribution in [3.8, 4) is 0 Å². The predicted octanol–water partition coefficient (Wildman–Crippen LogP) is -0.0444. The smallest absolute Gasteiger partial charge is 0.414 e. The van der Waals surface area contributed by atoms with E-state index in [2.05, 4.69) is 17.4 Å². The van der Waals surface area contributed by atoms with Crippen LogP contribution in [-0.4, -0.2) is 46.7 Å². The molecule has 0 bridgehead atoms. The lowest BCUT2D eigenvalue weighted by Gasteiger charge is -2.17. The normalized spacial score (nSPS) is 12.3. The van der Waals surface area contributed by atoms with Gasteiger partial charge < -0.3 is 27.0 Å². The lowest BCUT2D eigenvalue weighted by atomic mass is 10.1. The average molecular weight is 339 g/mol. The summed E-state index contributed by atoms with van der Waals surface area (Å²) in [5, 5.41) is 17.7. The second-order valence-electron chi connectivity index (χ2n) is 5.25. The third-order valence-corrected chi connectivity index (χ3v) is 3.01. The Balaban J connectivity index is 0.000000754. The van der Waals surface area contributed by atoms with Crippen molar-refractivity contribution in [2.45, 2.75) is 38.3 Å². The minimum atomic E-state index is -1.82. The van der Waals surface area contributed by atoms with E-state index in [1.807, 2.05) is 25.1 Å². The fourth-order valence-electron chi connectivity index (χ4n) is 1.84. The van der Waals surface area contributed by atoms with Gasteiger partial charge in [-0.05, 0) is 38.3 Å². The summed E-state index contributed by atoms with van der Waals surface area (Å²) >= 11 is 0. The Bertz CT molecular complexity index is 510. The third kappa shape index (κ3) is 10.3. The van der Waals surface area contributed by atoms with Gasteiger partial charge in [0.2, 0.25) is 5.91 Å². The highest BCUT2D eigenvalue weighted by Gasteiger charge is 2.15. The van der Waals surface area contributed by atoms with E-state index in [-0.39, 0.29) is 11.9 Å². The highest BCUT2D eigenvalue weighted by Crippen LogP contribution is 2.03. The van der Waals surface area contributed by atoms with E-state index in [4.69, 9.17) is 31.3 Å². The predicted molar refractivity (Wildman–Crippen MR) is 89.3 cm³/mol. The lowest BCUT2D eigenvalue weighted by Crippen LogP contribution is -2.45. The summed E-state index contributed by atoms with van der Waals surface area (Å²) in [7, 11) is 0. The van der Waals surface area contributed by atoms with E-state index in [0.29, 0.717) is 13.0 Å². The summed E-state index contributed by atoms with van der Waals surface area (Å²) in [5.74, 6) is -3.74. The molecule has 0 saturated carbocycles. The zero-order valence-electron chi connectivity index (χ0n) is 13.6. The minimum absolute atomic E-state index is 0.0869. The van der Waals surface area contributed by atoms with Crippen molar-refractivity contribution in [1.82, 2.24) is 5.32 Å². The molecule has 1 rings (SSSR count). The van der Waals surface area contributed by atoms with Crippen LogP contribution >= 0.6 is 0 Å². The third-order valence-electron chi connectivity index (χ3n) is 3.01. The second kappa shape index (κ2) is 12.0. The van der Waals surface area contributed by atoms with Crippen molar-refractivity contribution in [2.75, 3.05) is 6.54 Å². The van der Waals surface area contributed by atoms with Crippen LogP contribution < -0.4 is 16.8 Å². The number of hydrogen-bond donors (Lipinski definition) is 5. The number of carboxylic acid groups (broad SMARTS) is 2. The van der Waals surface area contributed by atoms with Crippen LogP contribution in [0.5, 0.6) is 0 Å². The monoisotopic (exact) mass is 339 g/mol. The molecule has 1 aromatic carbocycles. The van der Waals surface area contributed by atoms with Crippen molar-refractivity contribution in [2.24, 2.45) is 11.5 Å². The molecule has 8 heteroatoms. The first kappa shape index (κ1) is 21.6. The summed E-state index contributed by atoms with van der Waals surface area (Å²) in [5.41, 5.74) is 12.4. The Morgan fingerprint density at radius 2 is 1.67 bits per heavy atom. The Morgan fingerprint density at radius 3 is 2.12 bits per heavy atom. The van der Waals surface area contributed by atoms with Gasteiger partial charge in [-0.15, -0.1) is 0 Å². The average Bonchev–Trinajstić information content (AvgIpc) is 2.53. The quantitative estimate of drug-likeness (QED) is 0.436. The number of benzene rings is 1. The number of amides is 1. The number of carbonyl (C=O) groups excluding carboxylic acids is 1. The zero-order chi connectivity index (χ0) is 18.5. The summed E-state index contributed by atoms with van der Waals surface area (Å²) in [6.07, 6.45) is 2.23. The number of rotatable bonds is 7. The van der Waals surface area contributed by atoms with Gasteiger partial charge in [-0.2, -0.15) is 0 Å². The molecule has 2 unspecified atom stereocenters. The van der Waals surface area contributed by atoms with Gasteiger partial charge in [-0.25, -0.2) is 9.59 Å². The van der Waals surface area contributed by atoms with Crippen LogP contribution in [0.4, 0.5) is 0 Å².